The van der Waals surface area contributed by atoms with Crippen molar-refractivity contribution in [1.82, 2.24) is 20.3 Å². The fraction of sp³-hybridized carbons (Fsp3) is 0.333. The largest absolute Gasteiger partial charge is 0.478 e. The maximum Gasteiger partial charge on any atom is 0.338 e. The molecule has 0 atom stereocenters. The van der Waals surface area contributed by atoms with E-state index in [0.29, 0.717) is 11.0 Å². The lowest BCUT2D eigenvalue weighted by Crippen LogP contribution is -2.29. The highest BCUT2D eigenvalue weighted by atomic mass is 16.4. The Labute approximate surface area is 108 Å². The zero-order chi connectivity index (χ0) is 13.4. The Hall–Kier alpha value is -2.44. The number of hydrogen-bond donors (Lipinski definition) is 2. The van der Waals surface area contributed by atoms with Gasteiger partial charge < -0.3 is 10.4 Å². The van der Waals surface area contributed by atoms with Crippen LogP contribution in [-0.4, -0.2) is 38.0 Å². The van der Waals surface area contributed by atoms with Gasteiger partial charge in [-0.25, -0.2) is 9.48 Å². The summed E-state index contributed by atoms with van der Waals surface area (Å²) in [6.45, 7) is 0.0517. The zero-order valence-electron chi connectivity index (χ0n) is 10.0. The first-order chi connectivity index (χ1) is 9.15. The van der Waals surface area contributed by atoms with E-state index in [2.05, 4.69) is 15.6 Å². The molecule has 2 aromatic rings. The number of carboxylic acid groups (broad SMARTS) is 1. The molecule has 1 fully saturated rings. The zero-order valence-corrected chi connectivity index (χ0v) is 10.0. The molecule has 7 heteroatoms. The summed E-state index contributed by atoms with van der Waals surface area (Å²) in [4.78, 5) is 22.8. The molecule has 0 saturated heterocycles. The van der Waals surface area contributed by atoms with Crippen molar-refractivity contribution < 1.29 is 14.7 Å². The van der Waals surface area contributed by atoms with Crippen molar-refractivity contribution in [3.8, 4) is 0 Å². The van der Waals surface area contributed by atoms with Crippen LogP contribution >= 0.6 is 0 Å². The van der Waals surface area contributed by atoms with Crippen LogP contribution in [0.1, 0.15) is 23.2 Å². The van der Waals surface area contributed by atoms with E-state index in [1.807, 2.05) is 0 Å². The second kappa shape index (κ2) is 4.34. The maximum absolute atomic E-state index is 11.7. The van der Waals surface area contributed by atoms with Crippen LogP contribution in [-0.2, 0) is 11.3 Å². The van der Waals surface area contributed by atoms with E-state index in [9.17, 15) is 9.59 Å². The first-order valence-corrected chi connectivity index (χ1v) is 6.00. The van der Waals surface area contributed by atoms with Crippen LogP contribution in [0.25, 0.3) is 11.0 Å². The molecule has 1 aliphatic rings. The molecule has 1 heterocycles. The quantitative estimate of drug-likeness (QED) is 0.829. The lowest BCUT2D eigenvalue weighted by atomic mass is 10.2. The summed E-state index contributed by atoms with van der Waals surface area (Å²) in [6, 6.07) is 5.07. The number of aromatic carboxylic acids is 1. The predicted octanol–water partition coefficient (Wildman–Crippen LogP) is 0.408. The number of nitrogens with one attached hydrogen (secondary N) is 1. The third-order valence-electron chi connectivity index (χ3n) is 3.01. The molecular formula is C12H12N4O3. The van der Waals surface area contributed by atoms with Gasteiger partial charge >= 0.3 is 5.97 Å². The van der Waals surface area contributed by atoms with Gasteiger partial charge in [0.05, 0.1) is 11.1 Å². The number of aromatic nitrogens is 3. The van der Waals surface area contributed by atoms with Crippen LogP contribution in [0.4, 0.5) is 0 Å². The monoisotopic (exact) mass is 260 g/mol. The highest BCUT2D eigenvalue weighted by Gasteiger charge is 2.23. The highest BCUT2D eigenvalue weighted by Crippen LogP contribution is 2.19. The number of amides is 1. The van der Waals surface area contributed by atoms with Crippen LogP contribution < -0.4 is 5.32 Å². The van der Waals surface area contributed by atoms with Gasteiger partial charge in [-0.1, -0.05) is 11.3 Å². The van der Waals surface area contributed by atoms with Crippen LogP contribution in [0.2, 0.25) is 0 Å². The van der Waals surface area contributed by atoms with Crippen molar-refractivity contribution in [1.29, 1.82) is 0 Å². The summed E-state index contributed by atoms with van der Waals surface area (Å²) >= 11 is 0. The molecule has 2 N–H and O–H groups in total. The summed E-state index contributed by atoms with van der Waals surface area (Å²) in [6.07, 6.45) is 2.04. The maximum atomic E-state index is 11.7. The van der Waals surface area contributed by atoms with Gasteiger partial charge in [0.25, 0.3) is 0 Å². The molecule has 0 spiro atoms. The third kappa shape index (κ3) is 2.26. The normalized spacial score (nSPS) is 14.5. The Morgan fingerprint density at radius 2 is 2.21 bits per heavy atom. The first kappa shape index (κ1) is 11.6. The summed E-state index contributed by atoms with van der Waals surface area (Å²) in [5.74, 6) is -1.19. The van der Waals surface area contributed by atoms with Crippen LogP contribution in [0.3, 0.4) is 0 Å². The highest BCUT2D eigenvalue weighted by molar-refractivity contribution is 6.00. The number of rotatable bonds is 4. The topological polar surface area (TPSA) is 97.1 Å². The van der Waals surface area contributed by atoms with Gasteiger partial charge in [0.2, 0.25) is 5.91 Å². The van der Waals surface area contributed by atoms with Gasteiger partial charge in [-0.2, -0.15) is 0 Å². The van der Waals surface area contributed by atoms with Gasteiger partial charge in [0, 0.05) is 6.04 Å². The SMILES string of the molecule is O=C(Cn1nnc2c(C(=O)O)cccc21)NC1CC1. The summed E-state index contributed by atoms with van der Waals surface area (Å²) in [7, 11) is 0. The number of fused-ring (bicyclic) bond motifs is 1. The smallest absolute Gasteiger partial charge is 0.338 e. The van der Waals surface area contributed by atoms with Crippen LogP contribution in [0, 0.1) is 0 Å². The van der Waals surface area contributed by atoms with Crippen LogP contribution in [0.15, 0.2) is 18.2 Å². The van der Waals surface area contributed by atoms with E-state index in [0.717, 1.165) is 12.8 Å². The summed E-state index contributed by atoms with van der Waals surface area (Å²) in [5.41, 5.74) is 0.936. The van der Waals surface area contributed by atoms with Crippen LogP contribution in [0.5, 0.6) is 0 Å². The minimum absolute atomic E-state index is 0.0517. The van der Waals surface area contributed by atoms with Crippen molar-refractivity contribution in [2.24, 2.45) is 0 Å². The number of nitrogens with zero attached hydrogens (tertiary/aromatic N) is 3. The molecule has 98 valence electrons. The molecule has 0 bridgehead atoms. The minimum atomic E-state index is -1.06. The molecule has 19 heavy (non-hydrogen) atoms. The number of carbonyl (C=O) groups is 2. The average Bonchev–Trinajstić information content (AvgIpc) is 3.09. The van der Waals surface area contributed by atoms with Crippen molar-refractivity contribution in [3.05, 3.63) is 23.8 Å². The van der Waals surface area contributed by atoms with E-state index < -0.39 is 5.97 Å². The molecule has 0 radical (unpaired) electrons. The third-order valence-corrected chi connectivity index (χ3v) is 3.01. The second-order valence-corrected chi connectivity index (χ2v) is 4.57. The van der Waals surface area contributed by atoms with E-state index in [1.54, 1.807) is 12.1 Å². The van der Waals surface area contributed by atoms with Gasteiger partial charge in [-0.05, 0) is 25.0 Å². The molecule has 1 saturated carbocycles. The standard InChI is InChI=1S/C12H12N4O3/c17-10(13-7-4-5-7)6-16-9-3-1-2-8(12(18)19)11(9)14-15-16/h1-3,7H,4-6H2,(H,13,17)(H,18,19). The molecule has 1 aromatic carbocycles. The van der Waals surface area contributed by atoms with Crippen molar-refractivity contribution >= 4 is 22.9 Å². The molecule has 1 aromatic heterocycles. The Morgan fingerprint density at radius 3 is 2.89 bits per heavy atom. The summed E-state index contributed by atoms with van der Waals surface area (Å²) < 4.78 is 1.42. The number of carboxylic acids is 1. The lowest BCUT2D eigenvalue weighted by Gasteiger charge is -2.03. The fourth-order valence-electron chi connectivity index (χ4n) is 1.92. The average molecular weight is 260 g/mol. The molecule has 1 amide bonds. The molecule has 0 aliphatic heterocycles. The van der Waals surface area contributed by atoms with Crippen molar-refractivity contribution in [2.75, 3.05) is 0 Å². The predicted molar refractivity (Wildman–Crippen MR) is 65.7 cm³/mol. The van der Waals surface area contributed by atoms with Gasteiger partial charge in [-0.3, -0.25) is 4.79 Å². The molecule has 3 rings (SSSR count). The van der Waals surface area contributed by atoms with Gasteiger partial charge in [-0.15, -0.1) is 5.10 Å². The molecule has 1 aliphatic carbocycles. The van der Waals surface area contributed by atoms with E-state index in [1.165, 1.54) is 10.7 Å². The van der Waals surface area contributed by atoms with Gasteiger partial charge in [0.15, 0.2) is 0 Å². The fourth-order valence-corrected chi connectivity index (χ4v) is 1.92. The molecule has 0 unspecified atom stereocenters. The molecular weight excluding hydrogens is 248 g/mol. The van der Waals surface area contributed by atoms with E-state index in [4.69, 9.17) is 5.11 Å². The lowest BCUT2D eigenvalue weighted by molar-refractivity contribution is -0.121. The Bertz CT molecular complexity index is 660. The molecule has 7 nitrogen and oxygen atoms in total. The summed E-state index contributed by atoms with van der Waals surface area (Å²) in [5, 5.41) is 19.6. The minimum Gasteiger partial charge on any atom is -0.478 e. The van der Waals surface area contributed by atoms with Gasteiger partial charge in [0.1, 0.15) is 12.1 Å². The van der Waals surface area contributed by atoms with E-state index in [-0.39, 0.29) is 24.1 Å². The second-order valence-electron chi connectivity index (χ2n) is 4.57. The Balaban J connectivity index is 1.89. The Kier molecular flexibility index (Phi) is 2.66. The van der Waals surface area contributed by atoms with E-state index >= 15 is 0 Å². The number of benzene rings is 1. The van der Waals surface area contributed by atoms with Crippen molar-refractivity contribution in [2.45, 2.75) is 25.4 Å². The van der Waals surface area contributed by atoms with Crippen molar-refractivity contribution in [3.63, 3.8) is 0 Å². The number of hydrogen-bond acceptors (Lipinski definition) is 4. The first-order valence-electron chi connectivity index (χ1n) is 6.00. The number of carbonyl (C=O) groups excluding carboxylic acids is 1. The Morgan fingerprint density at radius 1 is 1.42 bits per heavy atom.